The molecule has 0 N–H and O–H groups in total. The number of aliphatic imine (C=N–C) groups is 1. The second kappa shape index (κ2) is 6.63. The molecule has 0 atom stereocenters. The number of hydrogen-bond donors (Lipinski definition) is 0. The Morgan fingerprint density at radius 1 is 0.815 bits per heavy atom. The summed E-state index contributed by atoms with van der Waals surface area (Å²) in [5.41, 5.74) is 0.561. The quantitative estimate of drug-likeness (QED) is 0.534. The van der Waals surface area contributed by atoms with E-state index in [2.05, 4.69) is 4.99 Å². The van der Waals surface area contributed by atoms with Gasteiger partial charge in [0.2, 0.25) is 5.90 Å². The molecular formula is C24H25NO2. The Kier molecular flexibility index (Phi) is 4.11. The molecular weight excluding hydrogens is 334 g/mol. The van der Waals surface area contributed by atoms with Gasteiger partial charge in [-0.05, 0) is 80.5 Å². The molecule has 27 heavy (non-hydrogen) atoms. The normalized spacial score (nSPS) is 31.7. The van der Waals surface area contributed by atoms with Crippen LogP contribution >= 0.6 is 0 Å². The van der Waals surface area contributed by atoms with Crippen LogP contribution in [-0.2, 0) is 0 Å². The Morgan fingerprint density at radius 2 is 1.33 bits per heavy atom. The van der Waals surface area contributed by atoms with E-state index in [0.717, 1.165) is 42.8 Å². The number of carbonyl (C=O) groups excluding carboxylic acids is 1. The molecule has 1 amide bonds. The van der Waals surface area contributed by atoms with Crippen LogP contribution < -0.4 is 4.74 Å². The van der Waals surface area contributed by atoms with Gasteiger partial charge in [0.05, 0.1) is 0 Å². The molecule has 4 aliphatic carbocycles. The Morgan fingerprint density at radius 3 is 1.89 bits per heavy atom. The van der Waals surface area contributed by atoms with Gasteiger partial charge < -0.3 is 4.74 Å². The highest BCUT2D eigenvalue weighted by Crippen LogP contribution is 2.60. The van der Waals surface area contributed by atoms with Crippen LogP contribution in [0.15, 0.2) is 65.7 Å². The van der Waals surface area contributed by atoms with Crippen molar-refractivity contribution in [3.05, 3.63) is 66.2 Å². The molecule has 4 aliphatic rings. The van der Waals surface area contributed by atoms with Crippen LogP contribution in [0.5, 0.6) is 5.75 Å². The maximum Gasteiger partial charge on any atom is 0.280 e. The van der Waals surface area contributed by atoms with E-state index < -0.39 is 0 Å². The van der Waals surface area contributed by atoms with E-state index in [-0.39, 0.29) is 11.3 Å². The van der Waals surface area contributed by atoms with Gasteiger partial charge in [-0.15, -0.1) is 0 Å². The number of amides is 1. The van der Waals surface area contributed by atoms with Gasteiger partial charge in [0.15, 0.2) is 0 Å². The van der Waals surface area contributed by atoms with Gasteiger partial charge in [0, 0.05) is 11.0 Å². The Hall–Kier alpha value is -2.42. The average Bonchev–Trinajstić information content (AvgIpc) is 2.68. The first-order chi connectivity index (χ1) is 13.2. The van der Waals surface area contributed by atoms with Gasteiger partial charge in [-0.3, -0.25) is 4.79 Å². The van der Waals surface area contributed by atoms with Gasteiger partial charge in [-0.25, -0.2) is 0 Å². The standard InChI is InChI=1S/C24H25NO2/c26-22(20-7-3-1-4-8-20)25-23(27-21-9-5-2-6-10-21)24-14-17-11-18(15-24)13-19(12-17)16-24/h1-10,17-19H,11-16H2. The largest absolute Gasteiger partial charge is 0.442 e. The van der Waals surface area contributed by atoms with Crippen molar-refractivity contribution in [1.29, 1.82) is 0 Å². The minimum absolute atomic E-state index is 0.0605. The molecule has 138 valence electrons. The van der Waals surface area contributed by atoms with E-state index in [0.29, 0.717) is 11.5 Å². The monoisotopic (exact) mass is 359 g/mol. The van der Waals surface area contributed by atoms with Crippen molar-refractivity contribution in [2.24, 2.45) is 28.2 Å². The highest BCUT2D eigenvalue weighted by molar-refractivity contribution is 6.03. The van der Waals surface area contributed by atoms with Gasteiger partial charge in [0.25, 0.3) is 5.91 Å². The molecule has 4 saturated carbocycles. The van der Waals surface area contributed by atoms with Crippen LogP contribution in [0.25, 0.3) is 0 Å². The van der Waals surface area contributed by atoms with Gasteiger partial charge in [0.1, 0.15) is 5.75 Å². The first-order valence-corrected chi connectivity index (χ1v) is 10.1. The van der Waals surface area contributed by atoms with E-state index in [9.17, 15) is 4.79 Å². The molecule has 0 aromatic heterocycles. The molecule has 3 nitrogen and oxygen atoms in total. The summed E-state index contributed by atoms with van der Waals surface area (Å²) in [7, 11) is 0. The molecule has 0 heterocycles. The molecule has 0 aliphatic heterocycles. The minimum atomic E-state index is -0.197. The first-order valence-electron chi connectivity index (χ1n) is 10.1. The molecule has 0 radical (unpaired) electrons. The fourth-order valence-electron chi connectivity index (χ4n) is 5.96. The molecule has 2 aromatic rings. The molecule has 6 rings (SSSR count). The smallest absolute Gasteiger partial charge is 0.280 e. The zero-order valence-corrected chi connectivity index (χ0v) is 15.5. The van der Waals surface area contributed by atoms with Crippen LogP contribution in [0, 0.1) is 23.2 Å². The number of ether oxygens (including phenoxy) is 1. The Bertz CT molecular complexity index is 821. The number of para-hydroxylation sites is 1. The van der Waals surface area contributed by atoms with Crippen molar-refractivity contribution in [3.8, 4) is 5.75 Å². The first kappa shape index (κ1) is 16.7. The summed E-state index contributed by atoms with van der Waals surface area (Å²) in [5, 5.41) is 0. The third-order valence-corrected chi connectivity index (χ3v) is 6.67. The lowest BCUT2D eigenvalue weighted by atomic mass is 9.49. The van der Waals surface area contributed by atoms with Crippen molar-refractivity contribution < 1.29 is 9.53 Å². The fourth-order valence-corrected chi connectivity index (χ4v) is 5.96. The number of nitrogens with zero attached hydrogens (tertiary/aromatic N) is 1. The highest BCUT2D eigenvalue weighted by atomic mass is 16.5. The van der Waals surface area contributed by atoms with Crippen molar-refractivity contribution in [2.45, 2.75) is 38.5 Å². The number of hydrogen-bond acceptors (Lipinski definition) is 2. The number of benzene rings is 2. The van der Waals surface area contributed by atoms with E-state index in [1.807, 2.05) is 60.7 Å². The van der Waals surface area contributed by atoms with Gasteiger partial charge in [-0.1, -0.05) is 36.4 Å². The number of rotatable bonds is 3. The highest BCUT2D eigenvalue weighted by Gasteiger charge is 2.54. The van der Waals surface area contributed by atoms with Crippen molar-refractivity contribution in [1.82, 2.24) is 0 Å². The third kappa shape index (κ3) is 3.20. The van der Waals surface area contributed by atoms with E-state index >= 15 is 0 Å². The average molecular weight is 359 g/mol. The summed E-state index contributed by atoms with van der Waals surface area (Å²) in [6, 6.07) is 19.1. The lowest BCUT2D eigenvalue weighted by molar-refractivity contribution is -0.0196. The summed E-state index contributed by atoms with van der Waals surface area (Å²) < 4.78 is 6.32. The lowest BCUT2D eigenvalue weighted by Gasteiger charge is -2.56. The van der Waals surface area contributed by atoms with Gasteiger partial charge >= 0.3 is 0 Å². The molecule has 4 bridgehead atoms. The molecule has 0 saturated heterocycles. The zero-order chi connectivity index (χ0) is 18.3. The van der Waals surface area contributed by atoms with Crippen LogP contribution in [0.3, 0.4) is 0 Å². The molecule has 4 fully saturated rings. The molecule has 0 spiro atoms. The van der Waals surface area contributed by atoms with Crippen LogP contribution in [0.2, 0.25) is 0 Å². The van der Waals surface area contributed by atoms with Crippen molar-refractivity contribution in [2.75, 3.05) is 0 Å². The topological polar surface area (TPSA) is 38.7 Å². The van der Waals surface area contributed by atoms with Crippen molar-refractivity contribution >= 4 is 11.8 Å². The SMILES string of the molecule is O=C(N=C(Oc1ccccc1)C12CC3CC(CC(C3)C1)C2)c1ccccc1. The zero-order valence-electron chi connectivity index (χ0n) is 15.5. The maximum absolute atomic E-state index is 12.9. The molecule has 2 aromatic carbocycles. The predicted molar refractivity (Wildman–Crippen MR) is 106 cm³/mol. The minimum Gasteiger partial charge on any atom is -0.442 e. The molecule has 0 unspecified atom stereocenters. The molecule has 3 heteroatoms. The van der Waals surface area contributed by atoms with Crippen LogP contribution in [-0.4, -0.2) is 11.8 Å². The Balaban J connectivity index is 1.52. The summed E-state index contributed by atoms with van der Waals surface area (Å²) in [5.74, 6) is 3.54. The second-order valence-corrected chi connectivity index (χ2v) is 8.70. The summed E-state index contributed by atoms with van der Waals surface area (Å²) in [6.45, 7) is 0. The van der Waals surface area contributed by atoms with E-state index in [1.165, 1.54) is 19.3 Å². The number of carbonyl (C=O) groups is 1. The van der Waals surface area contributed by atoms with Crippen LogP contribution in [0.1, 0.15) is 48.9 Å². The van der Waals surface area contributed by atoms with Crippen LogP contribution in [0.4, 0.5) is 0 Å². The second-order valence-electron chi connectivity index (χ2n) is 8.70. The third-order valence-electron chi connectivity index (χ3n) is 6.67. The van der Waals surface area contributed by atoms with Crippen molar-refractivity contribution in [3.63, 3.8) is 0 Å². The van der Waals surface area contributed by atoms with Gasteiger partial charge in [-0.2, -0.15) is 4.99 Å². The van der Waals surface area contributed by atoms with E-state index in [1.54, 1.807) is 0 Å². The summed E-state index contributed by atoms with van der Waals surface area (Å²) >= 11 is 0. The fraction of sp³-hybridized carbons (Fsp3) is 0.417. The summed E-state index contributed by atoms with van der Waals surface area (Å²) in [4.78, 5) is 17.5. The Labute approximate surface area is 160 Å². The summed E-state index contributed by atoms with van der Waals surface area (Å²) in [6.07, 6.45) is 7.41. The lowest BCUT2D eigenvalue weighted by Crippen LogP contribution is -2.51. The maximum atomic E-state index is 12.9. The van der Waals surface area contributed by atoms with E-state index in [4.69, 9.17) is 4.74 Å². The predicted octanol–water partition coefficient (Wildman–Crippen LogP) is 5.52.